The van der Waals surface area contributed by atoms with Crippen LogP contribution in [0.2, 0.25) is 0 Å². The predicted molar refractivity (Wildman–Crippen MR) is 143 cm³/mol. The van der Waals surface area contributed by atoms with Crippen molar-refractivity contribution in [3.05, 3.63) is 101 Å². The molecule has 1 fully saturated rings. The lowest BCUT2D eigenvalue weighted by Gasteiger charge is -2.28. The lowest BCUT2D eigenvalue weighted by atomic mass is 9.94. The lowest BCUT2D eigenvalue weighted by Crippen LogP contribution is -2.38. The molecule has 1 saturated heterocycles. The Morgan fingerprint density at radius 1 is 1.05 bits per heavy atom. The highest BCUT2D eigenvalue weighted by molar-refractivity contribution is 6.46. The number of hydrogen-bond acceptors (Lipinski definition) is 6. The van der Waals surface area contributed by atoms with E-state index in [1.165, 1.54) is 0 Å². The highest BCUT2D eigenvalue weighted by Gasteiger charge is 2.46. The average molecular weight is 500 g/mol. The van der Waals surface area contributed by atoms with Crippen molar-refractivity contribution in [3.8, 4) is 5.75 Å². The Balaban J connectivity index is 1.67. The number of nitrogens with zero attached hydrogens (tertiary/aromatic N) is 3. The molecule has 1 aliphatic rings. The van der Waals surface area contributed by atoms with Crippen LogP contribution in [0, 0.1) is 6.92 Å². The number of ether oxygens (including phenoxy) is 1. The van der Waals surface area contributed by atoms with Crippen molar-refractivity contribution in [3.63, 3.8) is 0 Å². The van der Waals surface area contributed by atoms with Crippen molar-refractivity contribution in [2.24, 2.45) is 0 Å². The number of benzene rings is 2. The summed E-state index contributed by atoms with van der Waals surface area (Å²) in [5.74, 6) is -0.830. The number of amides is 1. The number of likely N-dealkylation sites (tertiary alicyclic amines) is 1. The van der Waals surface area contributed by atoms with Crippen LogP contribution in [0.25, 0.3) is 5.76 Å². The van der Waals surface area contributed by atoms with Crippen LogP contribution in [0.5, 0.6) is 5.75 Å². The molecule has 2 heterocycles. The largest absolute Gasteiger partial charge is 0.507 e. The number of ketones is 1. The molecule has 1 atom stereocenters. The number of rotatable bonds is 10. The van der Waals surface area contributed by atoms with E-state index in [0.717, 1.165) is 24.2 Å². The molecular weight excluding hydrogens is 466 g/mol. The van der Waals surface area contributed by atoms with Gasteiger partial charge in [-0.25, -0.2) is 0 Å². The van der Waals surface area contributed by atoms with E-state index >= 15 is 0 Å². The fourth-order valence-electron chi connectivity index (χ4n) is 4.66. The van der Waals surface area contributed by atoms with Crippen LogP contribution in [0.3, 0.4) is 0 Å². The second-order valence-electron chi connectivity index (χ2n) is 9.06. The minimum Gasteiger partial charge on any atom is -0.507 e. The molecule has 192 valence electrons. The molecule has 3 aromatic rings. The molecule has 2 aromatic carbocycles. The molecule has 1 aliphatic heterocycles. The summed E-state index contributed by atoms with van der Waals surface area (Å²) < 4.78 is 5.91. The Morgan fingerprint density at radius 2 is 1.81 bits per heavy atom. The Bertz CT molecular complexity index is 1270. The van der Waals surface area contributed by atoms with Gasteiger partial charge in [0.1, 0.15) is 18.1 Å². The number of carbonyl (C=O) groups excluding carboxylic acids is 2. The molecule has 0 spiro atoms. The van der Waals surface area contributed by atoms with Crippen LogP contribution < -0.4 is 4.74 Å². The van der Waals surface area contributed by atoms with Crippen LogP contribution >= 0.6 is 0 Å². The Labute approximate surface area is 218 Å². The SMILES string of the molecule is CCN(CC)CCN1C(=O)C(=O)/C(=C(/O)c2ccc(OCc3ccccc3)cc2C)[C@H]1c1cccnc1. The van der Waals surface area contributed by atoms with Gasteiger partial charge in [0.25, 0.3) is 11.7 Å². The number of aromatic nitrogens is 1. The summed E-state index contributed by atoms with van der Waals surface area (Å²) in [5.41, 5.74) is 3.04. The average Bonchev–Trinajstić information content (AvgIpc) is 3.18. The summed E-state index contributed by atoms with van der Waals surface area (Å²) in [6.07, 6.45) is 3.28. The zero-order valence-corrected chi connectivity index (χ0v) is 21.6. The molecule has 1 amide bonds. The van der Waals surface area contributed by atoms with Gasteiger partial charge in [0.05, 0.1) is 11.6 Å². The third-order valence-electron chi connectivity index (χ3n) is 6.79. The standard InChI is InChI=1S/C30H33N3O4/c1-4-32(5-2)16-17-33-27(23-12-9-15-31-19-23)26(29(35)30(33)36)28(34)25-14-13-24(18-21(25)3)37-20-22-10-7-6-8-11-22/h6-15,18-19,27,34H,4-5,16-17,20H2,1-3H3/b28-26+/t27-/m1/s1. The topological polar surface area (TPSA) is 83.0 Å². The molecule has 37 heavy (non-hydrogen) atoms. The van der Waals surface area contributed by atoms with Gasteiger partial charge in [-0.05, 0) is 61.0 Å². The van der Waals surface area contributed by atoms with Crippen molar-refractivity contribution < 1.29 is 19.4 Å². The Hall–Kier alpha value is -3.97. The number of aliphatic hydroxyl groups excluding tert-OH is 1. The minimum atomic E-state index is -0.710. The molecule has 0 bridgehead atoms. The summed E-state index contributed by atoms with van der Waals surface area (Å²) in [6, 6.07) is 18.1. The lowest BCUT2D eigenvalue weighted by molar-refractivity contribution is -0.140. The smallest absolute Gasteiger partial charge is 0.295 e. The molecule has 7 nitrogen and oxygen atoms in total. The summed E-state index contributed by atoms with van der Waals surface area (Å²) in [4.78, 5) is 34.4. The maximum Gasteiger partial charge on any atom is 0.295 e. The number of Topliss-reactive ketones (excluding diaryl/α,β-unsaturated/α-hetero) is 1. The van der Waals surface area contributed by atoms with Crippen molar-refractivity contribution in [1.82, 2.24) is 14.8 Å². The highest BCUT2D eigenvalue weighted by Crippen LogP contribution is 2.39. The normalized spacial score (nSPS) is 17.0. The number of carbonyl (C=O) groups is 2. The summed E-state index contributed by atoms with van der Waals surface area (Å²) in [5, 5.41) is 11.4. The van der Waals surface area contributed by atoms with E-state index in [0.29, 0.717) is 36.6 Å². The van der Waals surface area contributed by atoms with Crippen molar-refractivity contribution in [2.45, 2.75) is 33.4 Å². The van der Waals surface area contributed by atoms with E-state index in [1.807, 2.05) is 49.4 Å². The molecule has 7 heteroatoms. The Kier molecular flexibility index (Phi) is 8.36. The first-order valence-electron chi connectivity index (χ1n) is 12.6. The highest BCUT2D eigenvalue weighted by atomic mass is 16.5. The first-order valence-corrected chi connectivity index (χ1v) is 12.6. The zero-order valence-electron chi connectivity index (χ0n) is 21.6. The van der Waals surface area contributed by atoms with Gasteiger partial charge in [0, 0.05) is 31.0 Å². The van der Waals surface area contributed by atoms with Crippen LogP contribution in [-0.2, 0) is 16.2 Å². The van der Waals surface area contributed by atoms with Gasteiger partial charge < -0.3 is 19.6 Å². The van der Waals surface area contributed by atoms with Gasteiger partial charge in [-0.2, -0.15) is 0 Å². The van der Waals surface area contributed by atoms with E-state index in [2.05, 4.69) is 23.7 Å². The van der Waals surface area contributed by atoms with Crippen LogP contribution in [0.15, 0.2) is 78.6 Å². The molecule has 1 N–H and O–H groups in total. The van der Waals surface area contributed by atoms with Gasteiger partial charge in [0.15, 0.2) is 0 Å². The monoisotopic (exact) mass is 499 g/mol. The minimum absolute atomic E-state index is 0.0820. The molecule has 1 aromatic heterocycles. The summed E-state index contributed by atoms with van der Waals surface area (Å²) >= 11 is 0. The third kappa shape index (κ3) is 5.73. The van der Waals surface area contributed by atoms with Crippen LogP contribution in [0.1, 0.15) is 42.1 Å². The number of likely N-dealkylation sites (N-methyl/N-ethyl adjacent to an activating group) is 1. The number of aryl methyl sites for hydroxylation is 1. The fraction of sp³-hybridized carbons (Fsp3) is 0.300. The molecule has 4 rings (SSSR count). The second-order valence-corrected chi connectivity index (χ2v) is 9.06. The van der Waals surface area contributed by atoms with Gasteiger partial charge in [0.2, 0.25) is 0 Å². The second kappa shape index (κ2) is 11.8. The van der Waals surface area contributed by atoms with E-state index < -0.39 is 17.7 Å². The number of aliphatic hydroxyl groups is 1. The van der Waals surface area contributed by atoms with Gasteiger partial charge in [-0.3, -0.25) is 14.6 Å². The zero-order chi connectivity index (χ0) is 26.4. The van der Waals surface area contributed by atoms with Crippen LogP contribution in [-0.4, -0.2) is 57.8 Å². The van der Waals surface area contributed by atoms with E-state index in [4.69, 9.17) is 4.74 Å². The molecule has 0 radical (unpaired) electrons. The predicted octanol–water partition coefficient (Wildman–Crippen LogP) is 4.73. The van der Waals surface area contributed by atoms with Crippen LogP contribution in [0.4, 0.5) is 0 Å². The van der Waals surface area contributed by atoms with Gasteiger partial charge >= 0.3 is 0 Å². The Morgan fingerprint density at radius 3 is 2.46 bits per heavy atom. The number of hydrogen-bond donors (Lipinski definition) is 1. The molecule has 0 saturated carbocycles. The maximum atomic E-state index is 13.3. The van der Waals surface area contributed by atoms with E-state index in [1.54, 1.807) is 35.5 Å². The van der Waals surface area contributed by atoms with E-state index in [-0.39, 0.29) is 11.3 Å². The first kappa shape index (κ1) is 26.1. The van der Waals surface area contributed by atoms with Crippen molar-refractivity contribution in [1.29, 1.82) is 0 Å². The maximum absolute atomic E-state index is 13.3. The molecular formula is C30H33N3O4. The van der Waals surface area contributed by atoms with E-state index in [9.17, 15) is 14.7 Å². The summed E-state index contributed by atoms with van der Waals surface area (Å²) in [6.45, 7) is 9.07. The summed E-state index contributed by atoms with van der Waals surface area (Å²) in [7, 11) is 0. The quantitative estimate of drug-likeness (QED) is 0.247. The fourth-order valence-corrected chi connectivity index (χ4v) is 4.66. The number of pyridine rings is 1. The van der Waals surface area contributed by atoms with Crippen molar-refractivity contribution in [2.75, 3.05) is 26.2 Å². The van der Waals surface area contributed by atoms with Crippen molar-refractivity contribution >= 4 is 17.4 Å². The van der Waals surface area contributed by atoms with Gasteiger partial charge in [-0.1, -0.05) is 50.2 Å². The van der Waals surface area contributed by atoms with Gasteiger partial charge in [-0.15, -0.1) is 0 Å². The molecule has 0 aliphatic carbocycles. The molecule has 0 unspecified atom stereocenters. The first-order chi connectivity index (χ1) is 17.9. The third-order valence-corrected chi connectivity index (χ3v) is 6.79.